The number of phenols is 1. The number of esters is 1. The predicted octanol–water partition coefficient (Wildman–Crippen LogP) is 2.06. The van der Waals surface area contributed by atoms with Gasteiger partial charge in [-0.15, -0.1) is 0 Å². The zero-order chi connectivity index (χ0) is 14.4. The highest BCUT2D eigenvalue weighted by Gasteiger charge is 2.18. The van der Waals surface area contributed by atoms with Crippen LogP contribution >= 0.6 is 12.6 Å². The SMILES string of the molecule is C[C@@H](CCOC(=O)CS)[C@@H](O)c1ccc(O)c(F)c1. The first-order valence-corrected chi connectivity index (χ1v) is 6.52. The predicted molar refractivity (Wildman–Crippen MR) is 71.6 cm³/mol. The molecule has 0 radical (unpaired) electrons. The molecule has 0 bridgehead atoms. The van der Waals surface area contributed by atoms with Gasteiger partial charge in [0.05, 0.1) is 18.5 Å². The van der Waals surface area contributed by atoms with Crippen LogP contribution in [0.2, 0.25) is 0 Å². The fourth-order valence-corrected chi connectivity index (χ4v) is 1.69. The van der Waals surface area contributed by atoms with Crippen LogP contribution in [0.3, 0.4) is 0 Å². The van der Waals surface area contributed by atoms with Crippen LogP contribution in [0.25, 0.3) is 0 Å². The Balaban J connectivity index is 2.53. The Hall–Kier alpha value is -1.27. The summed E-state index contributed by atoms with van der Waals surface area (Å²) in [5.41, 5.74) is 0.378. The lowest BCUT2D eigenvalue weighted by Gasteiger charge is -2.19. The van der Waals surface area contributed by atoms with Gasteiger partial charge < -0.3 is 14.9 Å². The van der Waals surface area contributed by atoms with E-state index < -0.39 is 23.6 Å². The van der Waals surface area contributed by atoms with Crippen LogP contribution in [0.5, 0.6) is 5.75 Å². The van der Waals surface area contributed by atoms with Crippen molar-refractivity contribution in [3.8, 4) is 5.75 Å². The van der Waals surface area contributed by atoms with E-state index in [1.54, 1.807) is 6.92 Å². The molecule has 0 spiro atoms. The van der Waals surface area contributed by atoms with Gasteiger partial charge in [0, 0.05) is 0 Å². The van der Waals surface area contributed by atoms with Crippen LogP contribution in [-0.2, 0) is 9.53 Å². The van der Waals surface area contributed by atoms with Crippen molar-refractivity contribution in [2.24, 2.45) is 5.92 Å². The summed E-state index contributed by atoms with van der Waals surface area (Å²) >= 11 is 3.77. The lowest BCUT2D eigenvalue weighted by Crippen LogP contribution is -2.14. The molecular weight excluding hydrogens is 271 g/mol. The number of phenolic OH excluding ortho intramolecular Hbond substituents is 1. The number of carbonyl (C=O) groups excluding carboxylic acids is 1. The van der Waals surface area contributed by atoms with Crippen LogP contribution in [0.1, 0.15) is 25.0 Å². The van der Waals surface area contributed by atoms with E-state index in [4.69, 9.17) is 9.84 Å². The van der Waals surface area contributed by atoms with E-state index in [0.717, 1.165) is 6.07 Å². The summed E-state index contributed by atoms with van der Waals surface area (Å²) in [5.74, 6) is -1.84. The van der Waals surface area contributed by atoms with Crippen molar-refractivity contribution in [3.05, 3.63) is 29.6 Å². The number of aromatic hydroxyl groups is 1. The van der Waals surface area contributed by atoms with Gasteiger partial charge in [-0.3, -0.25) is 4.79 Å². The number of halogens is 1. The summed E-state index contributed by atoms with van der Waals surface area (Å²) in [5, 5.41) is 19.1. The zero-order valence-corrected chi connectivity index (χ0v) is 11.4. The van der Waals surface area contributed by atoms with Crippen LogP contribution in [0.15, 0.2) is 18.2 Å². The average molecular weight is 288 g/mol. The van der Waals surface area contributed by atoms with Gasteiger partial charge in [0.2, 0.25) is 0 Å². The maximum atomic E-state index is 13.2. The highest BCUT2D eigenvalue weighted by molar-refractivity contribution is 7.81. The summed E-state index contributed by atoms with van der Waals surface area (Å²) in [6, 6.07) is 3.75. The molecule has 0 saturated carbocycles. The van der Waals surface area contributed by atoms with Crippen molar-refractivity contribution >= 4 is 18.6 Å². The number of hydrogen-bond donors (Lipinski definition) is 3. The molecule has 0 aliphatic rings. The Morgan fingerprint density at radius 3 is 2.79 bits per heavy atom. The molecule has 0 unspecified atom stereocenters. The minimum Gasteiger partial charge on any atom is -0.505 e. The van der Waals surface area contributed by atoms with Crippen molar-refractivity contribution in [2.45, 2.75) is 19.4 Å². The van der Waals surface area contributed by atoms with Crippen LogP contribution in [0.4, 0.5) is 4.39 Å². The number of thiol groups is 1. The topological polar surface area (TPSA) is 66.8 Å². The zero-order valence-electron chi connectivity index (χ0n) is 10.5. The molecular formula is C13H17FO4S. The first kappa shape index (κ1) is 15.8. The van der Waals surface area contributed by atoms with Gasteiger partial charge in [0.25, 0.3) is 0 Å². The van der Waals surface area contributed by atoms with Crippen LogP contribution in [-0.4, -0.2) is 28.5 Å². The van der Waals surface area contributed by atoms with E-state index in [9.17, 15) is 14.3 Å². The van der Waals surface area contributed by atoms with Gasteiger partial charge in [-0.05, 0) is 30.0 Å². The number of rotatable bonds is 6. The molecule has 2 atom stereocenters. The highest BCUT2D eigenvalue weighted by atomic mass is 32.1. The van der Waals surface area contributed by atoms with Crippen molar-refractivity contribution in [1.29, 1.82) is 0 Å². The molecule has 0 amide bonds. The van der Waals surface area contributed by atoms with Gasteiger partial charge in [-0.2, -0.15) is 12.6 Å². The van der Waals surface area contributed by atoms with E-state index in [2.05, 4.69) is 12.6 Å². The lowest BCUT2D eigenvalue weighted by atomic mass is 9.95. The minimum atomic E-state index is -0.884. The second-order valence-corrected chi connectivity index (χ2v) is 4.62. The Kier molecular flexibility index (Phi) is 6.11. The van der Waals surface area contributed by atoms with Gasteiger partial charge in [-0.1, -0.05) is 13.0 Å². The van der Waals surface area contributed by atoms with E-state index in [1.165, 1.54) is 12.1 Å². The quantitative estimate of drug-likeness (QED) is 0.554. The first-order chi connectivity index (χ1) is 8.95. The number of hydrogen-bond acceptors (Lipinski definition) is 5. The second kappa shape index (κ2) is 7.35. The van der Waals surface area contributed by atoms with E-state index in [-0.39, 0.29) is 18.3 Å². The van der Waals surface area contributed by atoms with Gasteiger partial charge in [0.1, 0.15) is 0 Å². The molecule has 0 aromatic heterocycles. The molecule has 106 valence electrons. The third kappa shape index (κ3) is 4.72. The average Bonchev–Trinajstić information content (AvgIpc) is 2.40. The normalized spacial score (nSPS) is 13.9. The van der Waals surface area contributed by atoms with Crippen molar-refractivity contribution in [3.63, 3.8) is 0 Å². The molecule has 1 aromatic rings. The van der Waals surface area contributed by atoms with Gasteiger partial charge in [0.15, 0.2) is 11.6 Å². The van der Waals surface area contributed by atoms with Gasteiger partial charge in [-0.25, -0.2) is 4.39 Å². The highest BCUT2D eigenvalue weighted by Crippen LogP contribution is 2.27. The molecule has 19 heavy (non-hydrogen) atoms. The van der Waals surface area contributed by atoms with Crippen molar-refractivity contribution in [1.82, 2.24) is 0 Å². The van der Waals surface area contributed by atoms with Crippen molar-refractivity contribution in [2.75, 3.05) is 12.4 Å². The van der Waals surface area contributed by atoms with E-state index in [0.29, 0.717) is 12.0 Å². The molecule has 0 aliphatic heterocycles. The van der Waals surface area contributed by atoms with E-state index in [1.807, 2.05) is 0 Å². The first-order valence-electron chi connectivity index (χ1n) is 5.88. The van der Waals surface area contributed by atoms with Crippen LogP contribution in [0, 0.1) is 11.7 Å². The number of benzene rings is 1. The monoisotopic (exact) mass is 288 g/mol. The third-order valence-electron chi connectivity index (χ3n) is 2.82. The molecule has 0 aliphatic carbocycles. The molecule has 2 N–H and O–H groups in total. The largest absolute Gasteiger partial charge is 0.505 e. The molecule has 4 nitrogen and oxygen atoms in total. The van der Waals surface area contributed by atoms with Crippen LogP contribution < -0.4 is 0 Å². The number of ether oxygens (including phenoxy) is 1. The fourth-order valence-electron chi connectivity index (χ4n) is 1.60. The smallest absolute Gasteiger partial charge is 0.315 e. The van der Waals surface area contributed by atoms with Gasteiger partial charge >= 0.3 is 5.97 Å². The Morgan fingerprint density at radius 1 is 1.53 bits per heavy atom. The molecule has 1 aromatic carbocycles. The number of aliphatic hydroxyl groups is 1. The maximum absolute atomic E-state index is 13.2. The Morgan fingerprint density at radius 2 is 2.21 bits per heavy atom. The standard InChI is InChI=1S/C13H17FO4S/c1-8(4-5-18-12(16)7-19)13(17)9-2-3-11(15)10(14)6-9/h2-3,6,8,13,15,17,19H,4-5,7H2,1H3/t8-,13+/m0/s1. The Labute approximate surface area is 116 Å². The maximum Gasteiger partial charge on any atom is 0.315 e. The summed E-state index contributed by atoms with van der Waals surface area (Å²) < 4.78 is 18.0. The molecule has 0 heterocycles. The summed E-state index contributed by atoms with van der Waals surface area (Å²) in [4.78, 5) is 10.9. The number of aliphatic hydroxyl groups excluding tert-OH is 1. The lowest BCUT2D eigenvalue weighted by molar-refractivity contribution is -0.141. The summed E-state index contributed by atoms with van der Waals surface area (Å²) in [6.45, 7) is 1.95. The van der Waals surface area contributed by atoms with E-state index >= 15 is 0 Å². The summed E-state index contributed by atoms with van der Waals surface area (Å²) in [6.07, 6.45) is -0.437. The third-order valence-corrected chi connectivity index (χ3v) is 3.08. The van der Waals surface area contributed by atoms with Crippen molar-refractivity contribution < 1.29 is 24.1 Å². The minimum absolute atomic E-state index is 0.0140. The number of carbonyl (C=O) groups is 1. The summed E-state index contributed by atoms with van der Waals surface area (Å²) in [7, 11) is 0. The molecule has 0 fully saturated rings. The second-order valence-electron chi connectivity index (χ2n) is 4.30. The molecule has 1 rings (SSSR count). The fraction of sp³-hybridized carbons (Fsp3) is 0.462. The molecule has 0 saturated heterocycles. The Bertz CT molecular complexity index is 439. The molecule has 6 heteroatoms.